The Morgan fingerprint density at radius 1 is 0.843 bits per heavy atom. The van der Waals surface area contributed by atoms with E-state index in [1.54, 1.807) is 7.11 Å². The van der Waals surface area contributed by atoms with E-state index in [0.29, 0.717) is 53.9 Å². The van der Waals surface area contributed by atoms with Gasteiger partial charge in [0.15, 0.2) is 11.6 Å². The Morgan fingerprint density at radius 3 is 2.00 bits per heavy atom. The Morgan fingerprint density at radius 2 is 1.45 bits per heavy atom. The number of halogens is 1. The molecule has 3 aliphatic rings. The fraction of sp³-hybridized carbons (Fsp3) is 0.625. The number of piperazine rings is 1. The smallest absolute Gasteiger partial charge is 0.210 e. The summed E-state index contributed by atoms with van der Waals surface area (Å²) in [6.07, 6.45) is 6.54. The lowest BCUT2D eigenvalue weighted by molar-refractivity contribution is 0.0384. The Kier molecular flexibility index (Phi) is 11.2. The molecule has 0 aliphatic carbocycles. The molecule has 0 saturated carbocycles. The molecule has 2 aromatic carbocycles. The van der Waals surface area contributed by atoms with Crippen molar-refractivity contribution in [2.24, 2.45) is 5.41 Å². The summed E-state index contributed by atoms with van der Waals surface area (Å²) in [5, 5.41) is 0.709. The maximum absolute atomic E-state index is 15.6. The fourth-order valence-corrected chi connectivity index (χ4v) is 10.2. The van der Waals surface area contributed by atoms with Crippen molar-refractivity contribution in [1.29, 1.82) is 0 Å². The maximum atomic E-state index is 15.6. The average Bonchev–Trinajstić information content (AvgIpc) is 3.10. The van der Waals surface area contributed by atoms with Crippen LogP contribution in [0.25, 0.3) is 10.9 Å². The van der Waals surface area contributed by atoms with Gasteiger partial charge in [-0.2, -0.15) is 0 Å². The highest BCUT2D eigenvalue weighted by atomic mass is 32.2. The van der Waals surface area contributed by atoms with Crippen LogP contribution in [-0.2, 0) is 9.84 Å². The number of sulfone groups is 1. The van der Waals surface area contributed by atoms with E-state index >= 15 is 4.39 Å². The molecule has 11 heteroatoms. The molecule has 6 rings (SSSR count). The van der Waals surface area contributed by atoms with Crippen LogP contribution in [0.3, 0.4) is 0 Å². The molecule has 3 aliphatic heterocycles. The van der Waals surface area contributed by atoms with Crippen LogP contribution in [0.15, 0.2) is 52.4 Å². The largest absolute Gasteiger partial charge is 0.497 e. The first-order chi connectivity index (χ1) is 24.2. The third kappa shape index (κ3) is 8.64. The van der Waals surface area contributed by atoms with E-state index in [-0.39, 0.29) is 21.0 Å². The van der Waals surface area contributed by atoms with Gasteiger partial charge in [0.05, 0.1) is 23.2 Å². The van der Waals surface area contributed by atoms with Crippen LogP contribution < -0.4 is 14.4 Å². The van der Waals surface area contributed by atoms with Crippen LogP contribution in [0.1, 0.15) is 73.6 Å². The highest BCUT2D eigenvalue weighted by molar-refractivity contribution is 7.91. The molecule has 3 aromatic rings. The lowest BCUT2D eigenvalue weighted by atomic mass is 9.83. The number of methoxy groups -OCH3 is 1. The number of pyridine rings is 1. The summed E-state index contributed by atoms with van der Waals surface area (Å²) < 4.78 is 56.1. The number of piperidine rings is 2. The normalized spacial score (nSPS) is 19.9. The summed E-state index contributed by atoms with van der Waals surface area (Å²) in [6.45, 7) is 21.8. The lowest BCUT2D eigenvalue weighted by Gasteiger charge is -2.46. The third-order valence-corrected chi connectivity index (χ3v) is 12.8. The van der Waals surface area contributed by atoms with Crippen LogP contribution in [0, 0.1) is 11.2 Å². The van der Waals surface area contributed by atoms with Crippen molar-refractivity contribution in [2.75, 3.05) is 70.9 Å². The van der Waals surface area contributed by atoms with Crippen molar-refractivity contribution in [1.82, 2.24) is 19.7 Å². The van der Waals surface area contributed by atoms with Gasteiger partial charge in [-0.1, -0.05) is 27.7 Å². The summed E-state index contributed by atoms with van der Waals surface area (Å²) in [4.78, 5) is 14.6. The Labute approximate surface area is 305 Å². The van der Waals surface area contributed by atoms with Crippen LogP contribution in [0.5, 0.6) is 11.5 Å². The quantitative estimate of drug-likeness (QED) is 0.223. The molecular formula is C40H58FN5O4S. The lowest BCUT2D eigenvalue weighted by Crippen LogP contribution is -2.56. The summed E-state index contributed by atoms with van der Waals surface area (Å²) in [5.74, 6) is -0.0458. The van der Waals surface area contributed by atoms with Gasteiger partial charge in [-0.3, -0.25) is 14.8 Å². The number of benzene rings is 2. The van der Waals surface area contributed by atoms with Gasteiger partial charge in [-0.05, 0) is 107 Å². The zero-order chi connectivity index (χ0) is 36.6. The molecule has 0 bridgehead atoms. The van der Waals surface area contributed by atoms with E-state index in [2.05, 4.69) is 52.3 Å². The summed E-state index contributed by atoms with van der Waals surface area (Å²) in [5.41, 5.74) is 0.622. The van der Waals surface area contributed by atoms with E-state index in [1.165, 1.54) is 44.3 Å². The summed E-state index contributed by atoms with van der Waals surface area (Å²) in [7, 11) is -2.56. The number of hydrogen-bond acceptors (Lipinski definition) is 9. The fourth-order valence-electron chi connectivity index (χ4n) is 8.78. The second-order valence-electron chi connectivity index (χ2n) is 16.5. The molecule has 0 radical (unpaired) electrons. The van der Waals surface area contributed by atoms with E-state index in [1.807, 2.05) is 32.0 Å². The predicted molar refractivity (Wildman–Crippen MR) is 202 cm³/mol. The highest BCUT2D eigenvalue weighted by Gasteiger charge is 2.35. The van der Waals surface area contributed by atoms with Gasteiger partial charge in [-0.15, -0.1) is 0 Å². The Bertz CT molecular complexity index is 1770. The molecule has 3 saturated heterocycles. The third-order valence-electron chi connectivity index (χ3n) is 11.0. The van der Waals surface area contributed by atoms with Gasteiger partial charge in [0.25, 0.3) is 0 Å². The summed E-state index contributed by atoms with van der Waals surface area (Å²) in [6, 6.07) is 10.7. The molecule has 0 N–H and O–H groups in total. The van der Waals surface area contributed by atoms with Gasteiger partial charge in [0, 0.05) is 62.9 Å². The topological polar surface area (TPSA) is 78.5 Å². The van der Waals surface area contributed by atoms with Gasteiger partial charge in [0.2, 0.25) is 9.84 Å². The van der Waals surface area contributed by atoms with E-state index < -0.39 is 21.3 Å². The molecule has 51 heavy (non-hydrogen) atoms. The zero-order valence-electron chi connectivity index (χ0n) is 31.8. The number of aromatic nitrogens is 1. The minimum absolute atomic E-state index is 0.0270. The van der Waals surface area contributed by atoms with Crippen molar-refractivity contribution in [3.63, 3.8) is 0 Å². The molecule has 4 heterocycles. The molecule has 9 nitrogen and oxygen atoms in total. The van der Waals surface area contributed by atoms with Crippen molar-refractivity contribution in [3.05, 3.63) is 48.4 Å². The number of fused-ring (bicyclic) bond motifs is 1. The summed E-state index contributed by atoms with van der Waals surface area (Å²) >= 11 is 0. The molecule has 280 valence electrons. The first-order valence-electron chi connectivity index (χ1n) is 18.8. The minimum Gasteiger partial charge on any atom is -0.497 e. The highest BCUT2D eigenvalue weighted by Crippen LogP contribution is 2.40. The van der Waals surface area contributed by atoms with Crippen LogP contribution in [-0.4, -0.2) is 112 Å². The van der Waals surface area contributed by atoms with Crippen LogP contribution >= 0.6 is 0 Å². The van der Waals surface area contributed by atoms with E-state index in [4.69, 9.17) is 9.47 Å². The second kappa shape index (κ2) is 15.2. The molecule has 0 spiro atoms. The van der Waals surface area contributed by atoms with Gasteiger partial charge >= 0.3 is 0 Å². The number of rotatable bonds is 10. The van der Waals surface area contributed by atoms with Gasteiger partial charge < -0.3 is 19.3 Å². The van der Waals surface area contributed by atoms with Crippen molar-refractivity contribution >= 4 is 26.4 Å². The predicted octanol–water partition coefficient (Wildman–Crippen LogP) is 6.88. The van der Waals surface area contributed by atoms with Crippen molar-refractivity contribution in [2.45, 2.75) is 101 Å². The van der Waals surface area contributed by atoms with Gasteiger partial charge in [-0.25, -0.2) is 12.8 Å². The molecule has 3 fully saturated rings. The Hall–Kier alpha value is -2.99. The first-order valence-corrected chi connectivity index (χ1v) is 20.3. The van der Waals surface area contributed by atoms with E-state index in [0.717, 1.165) is 51.6 Å². The number of hydrogen-bond donors (Lipinski definition) is 0. The zero-order valence-corrected chi connectivity index (χ0v) is 32.6. The maximum Gasteiger partial charge on any atom is 0.210 e. The number of anilines is 1. The van der Waals surface area contributed by atoms with E-state index in [9.17, 15) is 8.42 Å². The van der Waals surface area contributed by atoms with Crippen molar-refractivity contribution in [3.8, 4) is 11.5 Å². The minimum atomic E-state index is -4.16. The molecule has 0 amide bonds. The Balaban J connectivity index is 1.21. The van der Waals surface area contributed by atoms with Gasteiger partial charge in [0.1, 0.15) is 16.2 Å². The van der Waals surface area contributed by atoms with Crippen LogP contribution in [0.4, 0.5) is 10.1 Å². The standard InChI is InChI=1S/C40H58FN5O4S/c1-8-43-17-13-29(14-18-43)44-21-23-45(24-22-44)30-15-19-46(20-16-30)38-33-25-31(49-7)9-11-35(33)42-27-37(38)51(47,48)32-10-12-36(34(41)26-32)50-40(5,6)28-39(2,3)4/h9-12,25-27,29-30H,8,13-24,28H2,1-7H3. The van der Waals surface area contributed by atoms with Crippen LogP contribution in [0.2, 0.25) is 0 Å². The SMILES string of the molecule is CCN1CCC(N2CCN(C3CCN(c4c(S(=O)(=O)c5ccc(OC(C)(C)CC(C)(C)C)c(F)c5)cnc5ccc(OC)cc45)CC3)CC2)CC1. The van der Waals surface area contributed by atoms with Crippen molar-refractivity contribution < 1.29 is 22.3 Å². The first kappa shape index (κ1) is 37.8. The number of likely N-dealkylation sites (tertiary alicyclic amines) is 1. The second-order valence-corrected chi connectivity index (χ2v) is 18.4. The molecule has 1 aromatic heterocycles. The average molecular weight is 724 g/mol. The molecule has 0 atom stereocenters. The number of nitrogens with zero attached hydrogens (tertiary/aromatic N) is 5. The monoisotopic (exact) mass is 723 g/mol. The molecule has 0 unspecified atom stereocenters. The molecular weight excluding hydrogens is 666 g/mol. The number of ether oxygens (including phenoxy) is 2.